The smallest absolute Gasteiger partial charge is 0.116 e. The molecular formula is C11H17NO2. The second-order valence-electron chi connectivity index (χ2n) is 3.71. The maximum absolute atomic E-state index is 9.47. The van der Waals surface area contributed by atoms with Crippen LogP contribution in [0.15, 0.2) is 18.2 Å². The van der Waals surface area contributed by atoms with Crippen molar-refractivity contribution in [2.75, 3.05) is 6.61 Å². The first-order valence-corrected chi connectivity index (χ1v) is 4.78. The number of hydrogen-bond donors (Lipinski definition) is 2. The van der Waals surface area contributed by atoms with E-state index in [1.165, 1.54) is 0 Å². The van der Waals surface area contributed by atoms with Crippen molar-refractivity contribution < 1.29 is 9.94 Å². The minimum Gasteiger partial charge on any atom is -0.508 e. The van der Waals surface area contributed by atoms with Gasteiger partial charge < -0.3 is 9.94 Å². The number of benzene rings is 1. The van der Waals surface area contributed by atoms with E-state index in [2.05, 4.69) is 24.8 Å². The van der Waals surface area contributed by atoms with E-state index >= 15 is 0 Å². The molecule has 0 saturated carbocycles. The molecule has 0 bridgehead atoms. The zero-order valence-electron chi connectivity index (χ0n) is 8.66. The molecule has 1 aromatic rings. The zero-order valence-corrected chi connectivity index (χ0v) is 8.66. The minimum atomic E-state index is 0.309. The average molecular weight is 195 g/mol. The first-order chi connectivity index (χ1) is 6.63. The molecule has 0 aromatic heterocycles. The number of phenols is 1. The molecule has 3 N–H and O–H groups in total. The largest absolute Gasteiger partial charge is 0.508 e. The Kier molecular flexibility index (Phi) is 3.92. The third-order valence-corrected chi connectivity index (χ3v) is 2.18. The molecule has 78 valence electrons. The van der Waals surface area contributed by atoms with Gasteiger partial charge in [0.2, 0.25) is 0 Å². The summed E-state index contributed by atoms with van der Waals surface area (Å²) >= 11 is 0. The van der Waals surface area contributed by atoms with Crippen LogP contribution in [0.5, 0.6) is 5.75 Å². The van der Waals surface area contributed by atoms with Crippen molar-refractivity contribution in [2.45, 2.75) is 26.2 Å². The predicted molar refractivity (Wildman–Crippen MR) is 56.0 cm³/mol. The third-order valence-electron chi connectivity index (χ3n) is 2.18. The molecule has 0 aliphatic carbocycles. The van der Waals surface area contributed by atoms with Gasteiger partial charge in [-0.05, 0) is 35.6 Å². The Balaban J connectivity index is 2.84. The standard InChI is InChI=1S/C11H17NO2/c1-8(2)10-5-9(3-4-14-12)6-11(13)7-10/h5-8,13H,3-4,12H2,1-2H3. The van der Waals surface area contributed by atoms with Crippen molar-refractivity contribution in [2.24, 2.45) is 5.90 Å². The van der Waals surface area contributed by atoms with Gasteiger partial charge in [0.05, 0.1) is 6.61 Å². The van der Waals surface area contributed by atoms with Crippen LogP contribution < -0.4 is 5.90 Å². The van der Waals surface area contributed by atoms with Crippen LogP contribution in [0.3, 0.4) is 0 Å². The van der Waals surface area contributed by atoms with Crippen LogP contribution >= 0.6 is 0 Å². The quantitative estimate of drug-likeness (QED) is 0.722. The second kappa shape index (κ2) is 4.98. The summed E-state index contributed by atoms with van der Waals surface area (Å²) in [6.45, 7) is 4.66. The highest BCUT2D eigenvalue weighted by atomic mass is 16.6. The lowest BCUT2D eigenvalue weighted by atomic mass is 9.99. The molecular weight excluding hydrogens is 178 g/mol. The van der Waals surface area contributed by atoms with Crippen molar-refractivity contribution in [3.05, 3.63) is 29.3 Å². The Morgan fingerprint density at radius 3 is 2.64 bits per heavy atom. The van der Waals surface area contributed by atoms with Gasteiger partial charge in [0.1, 0.15) is 5.75 Å². The number of phenolic OH excluding ortho intramolecular Hbond substituents is 1. The average Bonchev–Trinajstić information content (AvgIpc) is 2.14. The van der Waals surface area contributed by atoms with Crippen LogP contribution in [0.1, 0.15) is 30.9 Å². The number of nitrogens with two attached hydrogens (primary N) is 1. The molecule has 0 aliphatic rings. The van der Waals surface area contributed by atoms with Gasteiger partial charge in [-0.3, -0.25) is 0 Å². The molecule has 0 unspecified atom stereocenters. The monoisotopic (exact) mass is 195 g/mol. The summed E-state index contributed by atoms with van der Waals surface area (Å²) in [4.78, 5) is 4.50. The Hall–Kier alpha value is -1.06. The van der Waals surface area contributed by atoms with E-state index < -0.39 is 0 Å². The lowest BCUT2D eigenvalue weighted by molar-refractivity contribution is 0.141. The molecule has 3 nitrogen and oxygen atoms in total. The molecule has 14 heavy (non-hydrogen) atoms. The first kappa shape index (κ1) is 11.0. The second-order valence-corrected chi connectivity index (χ2v) is 3.71. The molecule has 0 fully saturated rings. The predicted octanol–water partition coefficient (Wildman–Crippen LogP) is 1.95. The van der Waals surface area contributed by atoms with Gasteiger partial charge >= 0.3 is 0 Å². The minimum absolute atomic E-state index is 0.309. The van der Waals surface area contributed by atoms with E-state index in [4.69, 9.17) is 5.90 Å². The van der Waals surface area contributed by atoms with Crippen LogP contribution in [0.4, 0.5) is 0 Å². The normalized spacial score (nSPS) is 10.9. The molecule has 0 radical (unpaired) electrons. The van der Waals surface area contributed by atoms with Gasteiger partial charge in [-0.25, -0.2) is 5.90 Å². The van der Waals surface area contributed by atoms with E-state index in [-0.39, 0.29) is 0 Å². The molecule has 0 spiro atoms. The highest BCUT2D eigenvalue weighted by molar-refractivity contribution is 5.35. The summed E-state index contributed by atoms with van der Waals surface area (Å²) in [5, 5.41) is 9.47. The van der Waals surface area contributed by atoms with Crippen molar-refractivity contribution in [1.82, 2.24) is 0 Å². The number of rotatable bonds is 4. The van der Waals surface area contributed by atoms with E-state index in [0.29, 0.717) is 18.3 Å². The van der Waals surface area contributed by atoms with E-state index in [0.717, 1.165) is 17.5 Å². The highest BCUT2D eigenvalue weighted by Gasteiger charge is 2.03. The summed E-state index contributed by atoms with van der Waals surface area (Å²) in [7, 11) is 0. The van der Waals surface area contributed by atoms with E-state index in [1.807, 2.05) is 0 Å². The zero-order chi connectivity index (χ0) is 10.6. The number of aromatic hydroxyl groups is 1. The fourth-order valence-electron chi connectivity index (χ4n) is 1.35. The topological polar surface area (TPSA) is 55.5 Å². The fraction of sp³-hybridized carbons (Fsp3) is 0.455. The maximum Gasteiger partial charge on any atom is 0.116 e. The molecule has 0 saturated heterocycles. The Morgan fingerprint density at radius 2 is 2.07 bits per heavy atom. The maximum atomic E-state index is 9.47. The molecule has 0 heterocycles. The van der Waals surface area contributed by atoms with Crippen molar-refractivity contribution >= 4 is 0 Å². The van der Waals surface area contributed by atoms with Gasteiger partial charge in [0.15, 0.2) is 0 Å². The molecule has 1 rings (SSSR count). The van der Waals surface area contributed by atoms with Crippen LogP contribution in [0, 0.1) is 0 Å². The first-order valence-electron chi connectivity index (χ1n) is 4.78. The summed E-state index contributed by atoms with van der Waals surface area (Å²) in [5.41, 5.74) is 2.19. The third kappa shape index (κ3) is 3.01. The highest BCUT2D eigenvalue weighted by Crippen LogP contribution is 2.22. The Morgan fingerprint density at radius 1 is 1.36 bits per heavy atom. The van der Waals surface area contributed by atoms with E-state index in [9.17, 15) is 5.11 Å². The van der Waals surface area contributed by atoms with Crippen LogP contribution in [-0.2, 0) is 11.3 Å². The van der Waals surface area contributed by atoms with Crippen molar-refractivity contribution in [3.63, 3.8) is 0 Å². The van der Waals surface area contributed by atoms with Crippen molar-refractivity contribution in [3.8, 4) is 5.75 Å². The van der Waals surface area contributed by atoms with Gasteiger partial charge in [-0.2, -0.15) is 0 Å². The van der Waals surface area contributed by atoms with Crippen LogP contribution in [-0.4, -0.2) is 11.7 Å². The summed E-state index contributed by atoms with van der Waals surface area (Å²) in [6, 6.07) is 5.60. The molecule has 0 atom stereocenters. The summed E-state index contributed by atoms with van der Waals surface area (Å²) in [5.74, 6) is 5.67. The van der Waals surface area contributed by atoms with Crippen LogP contribution in [0.25, 0.3) is 0 Å². The van der Waals surface area contributed by atoms with Gasteiger partial charge in [-0.15, -0.1) is 0 Å². The lowest BCUT2D eigenvalue weighted by Crippen LogP contribution is -2.04. The van der Waals surface area contributed by atoms with Crippen molar-refractivity contribution in [1.29, 1.82) is 0 Å². The summed E-state index contributed by atoms with van der Waals surface area (Å²) in [6.07, 6.45) is 0.727. The fourth-order valence-corrected chi connectivity index (χ4v) is 1.35. The van der Waals surface area contributed by atoms with Gasteiger partial charge in [0, 0.05) is 0 Å². The molecule has 0 aliphatic heterocycles. The Bertz CT molecular complexity index is 297. The lowest BCUT2D eigenvalue weighted by Gasteiger charge is -2.09. The summed E-state index contributed by atoms with van der Waals surface area (Å²) < 4.78 is 0. The van der Waals surface area contributed by atoms with Crippen LogP contribution in [0.2, 0.25) is 0 Å². The van der Waals surface area contributed by atoms with Gasteiger partial charge in [-0.1, -0.05) is 19.9 Å². The molecule has 1 aromatic carbocycles. The molecule has 0 amide bonds. The van der Waals surface area contributed by atoms with Gasteiger partial charge in [0.25, 0.3) is 0 Å². The number of hydrogen-bond acceptors (Lipinski definition) is 3. The van der Waals surface area contributed by atoms with E-state index in [1.54, 1.807) is 12.1 Å². The molecule has 3 heteroatoms. The SMILES string of the molecule is CC(C)c1cc(O)cc(CCON)c1. The Labute approximate surface area is 84.5 Å².